The lowest BCUT2D eigenvalue weighted by Crippen LogP contribution is -2.35. The second-order valence-corrected chi connectivity index (χ2v) is 9.68. The number of halogens is 2. The molecule has 0 amide bonds. The van der Waals surface area contributed by atoms with Gasteiger partial charge in [0.15, 0.2) is 0 Å². The quantitative estimate of drug-likeness (QED) is 0.359. The number of aromatic hydroxyl groups is 1. The van der Waals surface area contributed by atoms with E-state index in [0.717, 1.165) is 34.2 Å². The number of aryl methyl sites for hydroxylation is 1. The number of fused-ring (bicyclic) bond motifs is 1. The summed E-state index contributed by atoms with van der Waals surface area (Å²) in [5, 5.41) is 20.6. The van der Waals surface area contributed by atoms with Gasteiger partial charge in [-0.15, -0.1) is 0 Å². The van der Waals surface area contributed by atoms with Crippen molar-refractivity contribution in [2.24, 2.45) is 5.73 Å². The van der Waals surface area contributed by atoms with Gasteiger partial charge < -0.3 is 15.7 Å². The fourth-order valence-electron chi connectivity index (χ4n) is 4.52. The molecule has 0 aliphatic carbocycles. The molecule has 1 atom stereocenters. The van der Waals surface area contributed by atoms with E-state index in [0.29, 0.717) is 34.8 Å². The fourth-order valence-corrected chi connectivity index (χ4v) is 4.81. The third-order valence-corrected chi connectivity index (χ3v) is 6.46. The van der Waals surface area contributed by atoms with Crippen LogP contribution in [-0.2, 0) is 6.54 Å². The molecule has 9 heteroatoms. The molecule has 4 aromatic rings. The van der Waals surface area contributed by atoms with Crippen LogP contribution in [-0.4, -0.2) is 39.2 Å². The summed E-state index contributed by atoms with van der Waals surface area (Å²) in [6, 6.07) is 12.3. The number of aromatic nitrogens is 2. The lowest BCUT2D eigenvalue weighted by molar-refractivity contribution is 0.301. The average Bonchev–Trinajstić information content (AvgIpc) is 2.82. The Labute approximate surface area is 219 Å². The number of phenolic OH excluding ortho intramolecular Hbond substituents is 1. The van der Waals surface area contributed by atoms with Crippen LogP contribution in [0.25, 0.3) is 27.7 Å². The Morgan fingerprint density at radius 1 is 1.24 bits per heavy atom. The number of benzene rings is 2. The van der Waals surface area contributed by atoms with Crippen molar-refractivity contribution in [1.82, 2.24) is 14.5 Å². The summed E-state index contributed by atoms with van der Waals surface area (Å²) in [7, 11) is 1.92. The van der Waals surface area contributed by atoms with Gasteiger partial charge in [0.2, 0.25) is 0 Å². The minimum atomic E-state index is -0.735. The zero-order valence-corrected chi connectivity index (χ0v) is 21.6. The molecule has 7 nitrogen and oxygen atoms in total. The monoisotopic (exact) mass is 519 g/mol. The maximum absolute atomic E-state index is 14.2. The topological polar surface area (TPSA) is 108 Å². The molecule has 2 aromatic carbocycles. The first-order chi connectivity index (χ1) is 17.6. The van der Waals surface area contributed by atoms with Crippen LogP contribution >= 0.6 is 11.6 Å². The van der Waals surface area contributed by atoms with Crippen LogP contribution in [0.5, 0.6) is 5.75 Å². The first kappa shape index (κ1) is 26.3. The average molecular weight is 520 g/mol. The van der Waals surface area contributed by atoms with E-state index in [2.05, 4.69) is 4.98 Å². The lowest BCUT2D eigenvalue weighted by Gasteiger charge is -2.23. The predicted molar refractivity (Wildman–Crippen MR) is 143 cm³/mol. The molecule has 2 aromatic heterocycles. The summed E-state index contributed by atoms with van der Waals surface area (Å²) >= 11 is 6.36. The Bertz CT molecular complexity index is 1550. The summed E-state index contributed by atoms with van der Waals surface area (Å²) in [6.45, 7) is 4.90. The highest BCUT2D eigenvalue weighted by molar-refractivity contribution is 6.31. The number of rotatable bonds is 7. The van der Waals surface area contributed by atoms with Gasteiger partial charge in [0, 0.05) is 48.0 Å². The van der Waals surface area contributed by atoms with Crippen molar-refractivity contribution in [3.63, 3.8) is 0 Å². The van der Waals surface area contributed by atoms with E-state index in [9.17, 15) is 19.6 Å². The van der Waals surface area contributed by atoms with Crippen LogP contribution in [0.4, 0.5) is 4.39 Å². The van der Waals surface area contributed by atoms with E-state index < -0.39 is 11.4 Å². The number of hydrogen-bond acceptors (Lipinski definition) is 6. The number of hydrogen-bond donors (Lipinski definition) is 2. The van der Waals surface area contributed by atoms with Gasteiger partial charge in [0.1, 0.15) is 23.3 Å². The third kappa shape index (κ3) is 5.49. The van der Waals surface area contributed by atoms with Gasteiger partial charge in [-0.1, -0.05) is 24.6 Å². The van der Waals surface area contributed by atoms with Crippen LogP contribution in [0.15, 0.2) is 53.5 Å². The largest absolute Gasteiger partial charge is 0.508 e. The third-order valence-electron chi connectivity index (χ3n) is 6.24. The van der Waals surface area contributed by atoms with Crippen LogP contribution < -0.4 is 11.3 Å². The minimum absolute atomic E-state index is 0.0336. The normalized spacial score (nSPS) is 12.2. The van der Waals surface area contributed by atoms with Crippen molar-refractivity contribution in [3.8, 4) is 28.6 Å². The van der Waals surface area contributed by atoms with Crippen molar-refractivity contribution in [1.29, 1.82) is 5.26 Å². The molecule has 3 N–H and O–H groups in total. The van der Waals surface area contributed by atoms with E-state index >= 15 is 0 Å². The van der Waals surface area contributed by atoms with E-state index in [1.54, 1.807) is 6.20 Å². The van der Waals surface area contributed by atoms with E-state index in [-0.39, 0.29) is 28.6 Å². The molecule has 0 spiro atoms. The minimum Gasteiger partial charge on any atom is -0.508 e. The molecular weight excluding hydrogens is 493 g/mol. The number of nitriles is 1. The van der Waals surface area contributed by atoms with Crippen LogP contribution in [0.3, 0.4) is 0 Å². The molecule has 0 radical (unpaired) electrons. The smallest absolute Gasteiger partial charge is 0.265 e. The molecule has 37 heavy (non-hydrogen) atoms. The number of likely N-dealkylation sites (N-methyl/N-ethyl adjacent to an activating group) is 1. The molecule has 0 unspecified atom stereocenters. The van der Waals surface area contributed by atoms with Gasteiger partial charge in [0.25, 0.3) is 5.56 Å². The van der Waals surface area contributed by atoms with Gasteiger partial charge in [-0.3, -0.25) is 14.3 Å². The number of nitrogens with two attached hydrogens (primary N) is 1. The summed E-state index contributed by atoms with van der Waals surface area (Å²) in [4.78, 5) is 20.6. The molecule has 0 bridgehead atoms. The second kappa shape index (κ2) is 10.7. The van der Waals surface area contributed by atoms with Gasteiger partial charge in [-0.25, -0.2) is 4.39 Å². The molecular formula is C28H27ClFN5O2. The number of pyridine rings is 2. The summed E-state index contributed by atoms with van der Waals surface area (Å²) in [6.07, 6.45) is 2.47. The molecule has 0 saturated carbocycles. The Kier molecular flexibility index (Phi) is 7.60. The maximum atomic E-state index is 14.2. The molecule has 0 aliphatic rings. The van der Waals surface area contributed by atoms with Crippen LogP contribution in [0, 0.1) is 24.1 Å². The highest BCUT2D eigenvalue weighted by Crippen LogP contribution is 2.32. The fraction of sp³-hybridized carbons (Fsp3) is 0.250. The van der Waals surface area contributed by atoms with Crippen molar-refractivity contribution in [3.05, 3.63) is 86.7 Å². The summed E-state index contributed by atoms with van der Waals surface area (Å²) in [5.41, 5.74) is 9.12. The van der Waals surface area contributed by atoms with Crippen LogP contribution in [0.1, 0.15) is 30.2 Å². The zero-order chi connectivity index (χ0) is 26.9. The van der Waals surface area contributed by atoms with E-state index in [1.807, 2.05) is 50.1 Å². The van der Waals surface area contributed by atoms with Gasteiger partial charge in [0.05, 0.1) is 16.6 Å². The van der Waals surface area contributed by atoms with E-state index in [4.69, 9.17) is 17.3 Å². The zero-order valence-electron chi connectivity index (χ0n) is 20.8. The Morgan fingerprint density at radius 3 is 2.65 bits per heavy atom. The van der Waals surface area contributed by atoms with Crippen molar-refractivity contribution in [2.75, 3.05) is 13.6 Å². The van der Waals surface area contributed by atoms with Crippen molar-refractivity contribution < 1.29 is 9.50 Å². The Morgan fingerprint density at radius 2 is 2.00 bits per heavy atom. The first-order valence-electron chi connectivity index (χ1n) is 11.8. The molecule has 0 fully saturated rings. The van der Waals surface area contributed by atoms with Gasteiger partial charge in [-0.05, 0) is 61.3 Å². The maximum Gasteiger partial charge on any atom is 0.265 e. The highest BCUT2D eigenvalue weighted by Gasteiger charge is 2.21. The SMILES string of the molecule is CC[C@H](N)CN(C)Cc1c(-c2cc(C)cc(Cl)c2)cnc2cc(C#N)n(-c3cc(O)cc(F)c3)c(=O)c12. The number of nitrogens with zero attached hydrogens (tertiary/aromatic N) is 4. The number of phenols is 1. The molecule has 190 valence electrons. The lowest BCUT2D eigenvalue weighted by atomic mass is 9.96. The molecule has 0 aliphatic heterocycles. The molecule has 4 rings (SSSR count). The Hall–Kier alpha value is -3.77. The van der Waals surface area contributed by atoms with Crippen molar-refractivity contribution >= 4 is 22.5 Å². The second-order valence-electron chi connectivity index (χ2n) is 9.24. The summed E-state index contributed by atoms with van der Waals surface area (Å²) < 4.78 is 15.3. The van der Waals surface area contributed by atoms with Gasteiger partial charge in [-0.2, -0.15) is 5.26 Å². The van der Waals surface area contributed by atoms with Gasteiger partial charge >= 0.3 is 0 Å². The predicted octanol–water partition coefficient (Wildman–Crippen LogP) is 4.90. The first-order valence-corrected chi connectivity index (χ1v) is 12.2. The van der Waals surface area contributed by atoms with E-state index in [1.165, 1.54) is 12.1 Å². The van der Waals surface area contributed by atoms with Crippen molar-refractivity contribution in [2.45, 2.75) is 32.9 Å². The highest BCUT2D eigenvalue weighted by atomic mass is 35.5. The summed E-state index contributed by atoms with van der Waals surface area (Å²) in [5.74, 6) is -1.10. The molecule has 2 heterocycles. The standard InChI is InChI=1S/C28H27ClFN5O2/c1-4-20(32)14-34(3)15-25-24(17-5-16(2)6-18(29)7-17)13-33-26-11-22(12-31)35(28(37)27(25)26)21-8-19(30)9-23(36)10-21/h5-11,13,20,36H,4,14-15,32H2,1-3H3/t20-/m0/s1. The molecule has 0 saturated heterocycles. The van der Waals surface area contributed by atoms with Crippen LogP contribution in [0.2, 0.25) is 5.02 Å². The Balaban J connectivity index is 2.06.